The molecule has 6 heteroatoms. The normalized spacial score (nSPS) is 15.4. The van der Waals surface area contributed by atoms with Gasteiger partial charge in [0.05, 0.1) is 0 Å². The summed E-state index contributed by atoms with van der Waals surface area (Å²) in [5.41, 5.74) is 1.96. The van der Waals surface area contributed by atoms with E-state index in [-0.39, 0.29) is 0 Å². The molecule has 3 rings (SSSR count). The first kappa shape index (κ1) is 13.7. The summed E-state index contributed by atoms with van der Waals surface area (Å²) in [5, 5.41) is 0. The first-order chi connectivity index (χ1) is 10.1. The van der Waals surface area contributed by atoms with Gasteiger partial charge in [-0.3, -0.25) is 0 Å². The molecular formula is C15H18FN5. The third-order valence-electron chi connectivity index (χ3n) is 3.56. The van der Waals surface area contributed by atoms with Gasteiger partial charge in [-0.25, -0.2) is 15.0 Å². The Bertz CT molecular complexity index is 617. The maximum atomic E-state index is 13.2. The molecule has 1 fully saturated rings. The van der Waals surface area contributed by atoms with Crippen LogP contribution in [0.2, 0.25) is 0 Å². The fourth-order valence-electron chi connectivity index (χ4n) is 2.56. The van der Waals surface area contributed by atoms with Crippen molar-refractivity contribution >= 4 is 11.8 Å². The van der Waals surface area contributed by atoms with Crippen molar-refractivity contribution in [2.24, 2.45) is 0 Å². The molecule has 3 heterocycles. The predicted octanol–water partition coefficient (Wildman–Crippen LogP) is 1.95. The highest BCUT2D eigenvalue weighted by atomic mass is 19.1. The van der Waals surface area contributed by atoms with Gasteiger partial charge in [0.25, 0.3) is 0 Å². The van der Waals surface area contributed by atoms with Crippen molar-refractivity contribution < 1.29 is 4.39 Å². The van der Waals surface area contributed by atoms with Gasteiger partial charge in [0.2, 0.25) is 11.9 Å². The number of aryl methyl sites for hydroxylation is 2. The van der Waals surface area contributed by atoms with Crippen LogP contribution in [0.5, 0.6) is 0 Å². The summed E-state index contributed by atoms with van der Waals surface area (Å²) in [5.74, 6) is 1.03. The molecule has 1 aliphatic rings. The standard InChI is InChI=1S/C15H18FN5/c1-11-10-12(2)18-15(17-11)21-8-6-20(7-9-21)14-5-3-4-13(16)19-14/h3-5,10H,6-9H2,1-2H3. The first-order valence-electron chi connectivity index (χ1n) is 7.06. The predicted molar refractivity (Wildman–Crippen MR) is 80.1 cm³/mol. The molecule has 0 spiro atoms. The Kier molecular flexibility index (Phi) is 3.68. The molecule has 0 radical (unpaired) electrons. The molecule has 0 bridgehead atoms. The van der Waals surface area contributed by atoms with E-state index in [1.54, 1.807) is 6.07 Å². The monoisotopic (exact) mass is 287 g/mol. The zero-order chi connectivity index (χ0) is 14.8. The number of hydrogen-bond acceptors (Lipinski definition) is 5. The van der Waals surface area contributed by atoms with Gasteiger partial charge in [0.15, 0.2) is 0 Å². The summed E-state index contributed by atoms with van der Waals surface area (Å²) in [6.45, 7) is 7.14. The number of rotatable bonds is 2. The van der Waals surface area contributed by atoms with Crippen molar-refractivity contribution in [3.05, 3.63) is 41.6 Å². The van der Waals surface area contributed by atoms with Gasteiger partial charge in [-0.15, -0.1) is 0 Å². The smallest absolute Gasteiger partial charge is 0.225 e. The Balaban J connectivity index is 1.70. The molecule has 110 valence electrons. The second-order valence-corrected chi connectivity index (χ2v) is 5.24. The second-order valence-electron chi connectivity index (χ2n) is 5.24. The number of pyridine rings is 1. The van der Waals surface area contributed by atoms with Gasteiger partial charge in [-0.05, 0) is 32.0 Å². The average Bonchev–Trinajstić information content (AvgIpc) is 2.46. The fraction of sp³-hybridized carbons (Fsp3) is 0.400. The van der Waals surface area contributed by atoms with E-state index in [1.807, 2.05) is 26.0 Å². The van der Waals surface area contributed by atoms with Crippen molar-refractivity contribution in [2.45, 2.75) is 13.8 Å². The molecule has 1 aliphatic heterocycles. The summed E-state index contributed by atoms with van der Waals surface area (Å²) >= 11 is 0. The second kappa shape index (κ2) is 5.63. The van der Waals surface area contributed by atoms with E-state index in [9.17, 15) is 4.39 Å². The van der Waals surface area contributed by atoms with E-state index in [4.69, 9.17) is 0 Å². The van der Waals surface area contributed by atoms with Crippen molar-refractivity contribution in [3.63, 3.8) is 0 Å². The Labute approximate surface area is 123 Å². The zero-order valence-corrected chi connectivity index (χ0v) is 12.3. The lowest BCUT2D eigenvalue weighted by Crippen LogP contribution is -2.47. The lowest BCUT2D eigenvalue weighted by Gasteiger charge is -2.35. The maximum Gasteiger partial charge on any atom is 0.225 e. The number of aromatic nitrogens is 3. The molecule has 0 aliphatic carbocycles. The third-order valence-corrected chi connectivity index (χ3v) is 3.56. The Morgan fingerprint density at radius 3 is 2.14 bits per heavy atom. The highest BCUT2D eigenvalue weighted by molar-refractivity contribution is 5.42. The lowest BCUT2D eigenvalue weighted by molar-refractivity contribution is 0.573. The van der Waals surface area contributed by atoms with Gasteiger partial charge >= 0.3 is 0 Å². The summed E-state index contributed by atoms with van der Waals surface area (Å²) in [6.07, 6.45) is 0. The Morgan fingerprint density at radius 1 is 0.905 bits per heavy atom. The van der Waals surface area contributed by atoms with Crippen LogP contribution in [0, 0.1) is 19.8 Å². The van der Waals surface area contributed by atoms with E-state index in [1.165, 1.54) is 6.07 Å². The van der Waals surface area contributed by atoms with Crippen LogP contribution < -0.4 is 9.80 Å². The molecule has 0 atom stereocenters. The highest BCUT2D eigenvalue weighted by Gasteiger charge is 2.20. The summed E-state index contributed by atoms with van der Waals surface area (Å²) < 4.78 is 13.2. The topological polar surface area (TPSA) is 45.2 Å². The molecule has 0 amide bonds. The van der Waals surface area contributed by atoms with Gasteiger partial charge in [0, 0.05) is 37.6 Å². The lowest BCUT2D eigenvalue weighted by atomic mass is 10.3. The van der Waals surface area contributed by atoms with Gasteiger partial charge in [-0.2, -0.15) is 4.39 Å². The third kappa shape index (κ3) is 3.09. The van der Waals surface area contributed by atoms with Crippen LogP contribution in [0.3, 0.4) is 0 Å². The van der Waals surface area contributed by atoms with E-state index in [2.05, 4.69) is 24.8 Å². The molecular weight excluding hydrogens is 269 g/mol. The minimum Gasteiger partial charge on any atom is -0.353 e. The maximum absolute atomic E-state index is 13.2. The van der Waals surface area contributed by atoms with Crippen molar-refractivity contribution in [1.82, 2.24) is 15.0 Å². The molecule has 2 aromatic rings. The van der Waals surface area contributed by atoms with Crippen LogP contribution in [0.15, 0.2) is 24.3 Å². The van der Waals surface area contributed by atoms with Crippen LogP contribution in [-0.4, -0.2) is 41.1 Å². The molecule has 21 heavy (non-hydrogen) atoms. The quantitative estimate of drug-likeness (QED) is 0.790. The highest BCUT2D eigenvalue weighted by Crippen LogP contribution is 2.17. The fourth-order valence-corrected chi connectivity index (χ4v) is 2.56. The van der Waals surface area contributed by atoms with E-state index in [0.29, 0.717) is 5.82 Å². The van der Waals surface area contributed by atoms with Crippen LogP contribution in [0.4, 0.5) is 16.2 Å². The van der Waals surface area contributed by atoms with Gasteiger partial charge < -0.3 is 9.80 Å². The first-order valence-corrected chi connectivity index (χ1v) is 7.06. The van der Waals surface area contributed by atoms with Crippen LogP contribution in [-0.2, 0) is 0 Å². The Morgan fingerprint density at radius 2 is 1.52 bits per heavy atom. The van der Waals surface area contributed by atoms with Crippen LogP contribution in [0.25, 0.3) is 0 Å². The number of halogens is 1. The number of anilines is 2. The SMILES string of the molecule is Cc1cc(C)nc(N2CCN(c3cccc(F)n3)CC2)n1. The van der Waals surface area contributed by atoms with Gasteiger partial charge in [-0.1, -0.05) is 6.07 Å². The molecule has 0 N–H and O–H groups in total. The molecule has 0 unspecified atom stereocenters. The van der Waals surface area contributed by atoms with E-state index in [0.717, 1.165) is 43.5 Å². The largest absolute Gasteiger partial charge is 0.353 e. The molecule has 0 aromatic carbocycles. The average molecular weight is 287 g/mol. The van der Waals surface area contributed by atoms with Gasteiger partial charge in [0.1, 0.15) is 5.82 Å². The molecule has 2 aromatic heterocycles. The van der Waals surface area contributed by atoms with E-state index < -0.39 is 5.95 Å². The van der Waals surface area contributed by atoms with Crippen LogP contribution >= 0.6 is 0 Å². The summed E-state index contributed by atoms with van der Waals surface area (Å²) in [7, 11) is 0. The summed E-state index contributed by atoms with van der Waals surface area (Å²) in [4.78, 5) is 17.2. The van der Waals surface area contributed by atoms with Crippen molar-refractivity contribution in [3.8, 4) is 0 Å². The molecule has 5 nitrogen and oxygen atoms in total. The zero-order valence-electron chi connectivity index (χ0n) is 12.3. The van der Waals surface area contributed by atoms with Crippen LogP contribution in [0.1, 0.15) is 11.4 Å². The summed E-state index contributed by atoms with van der Waals surface area (Å²) in [6, 6.07) is 6.86. The Hall–Kier alpha value is -2.24. The van der Waals surface area contributed by atoms with E-state index >= 15 is 0 Å². The minimum absolute atomic E-state index is 0.437. The molecule has 0 saturated carbocycles. The molecule has 1 saturated heterocycles. The number of hydrogen-bond donors (Lipinski definition) is 0. The minimum atomic E-state index is -0.437. The van der Waals surface area contributed by atoms with Crippen molar-refractivity contribution in [2.75, 3.05) is 36.0 Å². The number of nitrogens with zero attached hydrogens (tertiary/aromatic N) is 5. The number of piperazine rings is 1. The van der Waals surface area contributed by atoms with Crippen molar-refractivity contribution in [1.29, 1.82) is 0 Å².